The number of likely N-dealkylation sites (tertiary alicyclic amines) is 1. The van der Waals surface area contributed by atoms with Crippen LogP contribution in [0.1, 0.15) is 31.7 Å². The molecule has 1 aromatic carbocycles. The molecule has 0 amide bonds. The van der Waals surface area contributed by atoms with Gasteiger partial charge in [0.15, 0.2) is 0 Å². The van der Waals surface area contributed by atoms with E-state index in [2.05, 4.69) is 11.8 Å². The maximum atomic E-state index is 13.0. The first-order chi connectivity index (χ1) is 13.0. The summed E-state index contributed by atoms with van der Waals surface area (Å²) >= 11 is 2.00. The molecule has 1 atom stereocenters. The third kappa shape index (κ3) is 3.20. The molecular weight excluding hydrogens is 380 g/mol. The van der Waals surface area contributed by atoms with Crippen LogP contribution in [0.5, 0.6) is 5.75 Å². The Morgan fingerprint density at radius 1 is 1.22 bits per heavy atom. The van der Waals surface area contributed by atoms with Crippen LogP contribution in [-0.4, -0.2) is 67.0 Å². The second kappa shape index (κ2) is 6.65. The first-order valence-electron chi connectivity index (χ1n) is 10.1. The molecule has 0 radical (unpaired) electrons. The Morgan fingerprint density at radius 2 is 2.00 bits per heavy atom. The van der Waals surface area contributed by atoms with Crippen molar-refractivity contribution in [2.75, 3.05) is 38.5 Å². The molecule has 148 valence electrons. The van der Waals surface area contributed by atoms with Crippen LogP contribution in [0, 0.1) is 5.92 Å². The summed E-state index contributed by atoms with van der Waals surface area (Å²) in [6, 6.07) is 5.94. The molecule has 4 aliphatic rings. The summed E-state index contributed by atoms with van der Waals surface area (Å²) < 4.78 is 33.4. The van der Waals surface area contributed by atoms with E-state index >= 15 is 0 Å². The normalized spacial score (nSPS) is 28.9. The first kappa shape index (κ1) is 18.3. The van der Waals surface area contributed by atoms with Crippen molar-refractivity contribution in [1.82, 2.24) is 9.21 Å². The van der Waals surface area contributed by atoms with E-state index in [1.807, 2.05) is 23.9 Å². The Hall–Kier alpha value is -0.760. The molecule has 1 aromatic rings. The molecule has 0 aliphatic carbocycles. The molecule has 0 saturated carbocycles. The molecule has 4 aliphatic heterocycles. The van der Waals surface area contributed by atoms with Crippen molar-refractivity contribution in [3.8, 4) is 5.75 Å². The van der Waals surface area contributed by atoms with Gasteiger partial charge in [0.25, 0.3) is 0 Å². The number of hydrogen-bond acceptors (Lipinski definition) is 5. The molecule has 3 saturated heterocycles. The van der Waals surface area contributed by atoms with Crippen molar-refractivity contribution < 1.29 is 13.2 Å². The van der Waals surface area contributed by atoms with Gasteiger partial charge in [-0.05, 0) is 62.0 Å². The lowest BCUT2D eigenvalue weighted by Gasteiger charge is -2.47. The number of hydrogen-bond donors (Lipinski definition) is 0. The second-order valence-corrected chi connectivity index (χ2v) is 12.1. The zero-order valence-electron chi connectivity index (χ0n) is 15.9. The fourth-order valence-corrected chi connectivity index (χ4v) is 8.41. The Bertz CT molecular complexity index is 828. The number of sulfonamides is 1. The highest BCUT2D eigenvalue weighted by atomic mass is 32.2. The number of benzene rings is 1. The summed E-state index contributed by atoms with van der Waals surface area (Å²) in [4.78, 5) is 3.07. The molecule has 27 heavy (non-hydrogen) atoms. The van der Waals surface area contributed by atoms with Gasteiger partial charge in [-0.1, -0.05) is 6.92 Å². The van der Waals surface area contributed by atoms with Crippen molar-refractivity contribution in [1.29, 1.82) is 0 Å². The highest BCUT2D eigenvalue weighted by Crippen LogP contribution is 2.48. The largest absolute Gasteiger partial charge is 0.493 e. The van der Waals surface area contributed by atoms with Crippen molar-refractivity contribution in [3.63, 3.8) is 0 Å². The molecule has 0 N–H and O–H groups in total. The third-order valence-electron chi connectivity index (χ3n) is 6.75. The zero-order valence-corrected chi connectivity index (χ0v) is 17.5. The molecule has 1 spiro atoms. The van der Waals surface area contributed by atoms with E-state index in [0.717, 1.165) is 35.8 Å². The van der Waals surface area contributed by atoms with Gasteiger partial charge in [0, 0.05) is 36.1 Å². The second-order valence-electron chi connectivity index (χ2n) is 8.71. The van der Waals surface area contributed by atoms with E-state index in [1.165, 1.54) is 25.9 Å². The average Bonchev–Trinajstić information content (AvgIpc) is 3.27. The smallest absolute Gasteiger partial charge is 0.243 e. The van der Waals surface area contributed by atoms with Gasteiger partial charge in [-0.15, -0.1) is 0 Å². The summed E-state index contributed by atoms with van der Waals surface area (Å²) in [5, 5.41) is 0. The van der Waals surface area contributed by atoms with Crippen molar-refractivity contribution >= 4 is 21.8 Å². The predicted molar refractivity (Wildman–Crippen MR) is 108 cm³/mol. The third-order valence-corrected chi connectivity index (χ3v) is 10.1. The van der Waals surface area contributed by atoms with E-state index in [4.69, 9.17) is 4.74 Å². The predicted octanol–water partition coefficient (Wildman–Crippen LogP) is 2.60. The van der Waals surface area contributed by atoms with Gasteiger partial charge in [0.2, 0.25) is 10.0 Å². The van der Waals surface area contributed by atoms with Gasteiger partial charge in [-0.3, -0.25) is 4.90 Å². The minimum atomic E-state index is -3.39. The molecule has 7 heteroatoms. The van der Waals surface area contributed by atoms with E-state index in [0.29, 0.717) is 30.6 Å². The van der Waals surface area contributed by atoms with E-state index < -0.39 is 10.0 Å². The number of nitrogens with zero attached hydrogens (tertiary/aromatic N) is 2. The SMILES string of the molecule is CC1CCN(C2CSC3(C2)CN(S(=O)(=O)c2ccc4c(c2)CCO4)C3)CC1. The quantitative estimate of drug-likeness (QED) is 0.770. The standard InChI is InChI=1S/C20H28N2O3S2/c1-15-4-7-21(8-5-15)17-11-20(26-12-17)13-22(14-20)27(23,24)18-2-3-19-16(10-18)6-9-25-19/h2-3,10,15,17H,4-9,11-14H2,1H3. The fourth-order valence-electron chi connectivity index (χ4n) is 4.91. The number of rotatable bonds is 3. The summed E-state index contributed by atoms with van der Waals surface area (Å²) in [5.74, 6) is 2.84. The number of fused-ring (bicyclic) bond motifs is 1. The van der Waals surface area contributed by atoms with E-state index in [-0.39, 0.29) is 4.75 Å². The maximum absolute atomic E-state index is 13.0. The highest BCUT2D eigenvalue weighted by molar-refractivity contribution is 8.01. The summed E-state index contributed by atoms with van der Waals surface area (Å²) in [7, 11) is -3.39. The molecule has 3 fully saturated rings. The van der Waals surface area contributed by atoms with Crippen LogP contribution in [0.15, 0.2) is 23.1 Å². The summed E-state index contributed by atoms with van der Waals surface area (Å²) in [6.07, 6.45) is 4.54. The van der Waals surface area contributed by atoms with Gasteiger partial charge in [0.05, 0.1) is 11.5 Å². The number of ether oxygens (including phenoxy) is 1. The molecule has 0 aromatic heterocycles. The van der Waals surface area contributed by atoms with Gasteiger partial charge in [-0.2, -0.15) is 16.1 Å². The molecular formula is C20H28N2O3S2. The Balaban J connectivity index is 1.24. The van der Waals surface area contributed by atoms with E-state index in [1.54, 1.807) is 10.4 Å². The van der Waals surface area contributed by atoms with Crippen molar-refractivity contribution in [3.05, 3.63) is 23.8 Å². The monoisotopic (exact) mass is 408 g/mol. The minimum absolute atomic E-state index is 0.140. The van der Waals surface area contributed by atoms with Gasteiger partial charge >= 0.3 is 0 Å². The van der Waals surface area contributed by atoms with Crippen molar-refractivity contribution in [2.45, 2.75) is 48.3 Å². The van der Waals surface area contributed by atoms with Crippen LogP contribution in [0.3, 0.4) is 0 Å². The molecule has 5 rings (SSSR count). The lowest BCUT2D eigenvalue weighted by molar-refractivity contribution is 0.123. The van der Waals surface area contributed by atoms with E-state index in [9.17, 15) is 8.42 Å². The van der Waals surface area contributed by atoms with Crippen LogP contribution in [0.25, 0.3) is 0 Å². The Kier molecular flexibility index (Phi) is 4.50. The molecule has 4 heterocycles. The molecule has 0 bridgehead atoms. The van der Waals surface area contributed by atoms with Crippen LogP contribution in [0.2, 0.25) is 0 Å². The molecule has 1 unspecified atom stereocenters. The number of thioether (sulfide) groups is 1. The first-order valence-corrected chi connectivity index (χ1v) is 12.5. The lowest BCUT2D eigenvalue weighted by atomic mass is 9.91. The highest BCUT2D eigenvalue weighted by Gasteiger charge is 2.53. The van der Waals surface area contributed by atoms with Gasteiger partial charge < -0.3 is 4.74 Å². The average molecular weight is 409 g/mol. The summed E-state index contributed by atoms with van der Waals surface area (Å²) in [5.41, 5.74) is 1.01. The molecule has 5 nitrogen and oxygen atoms in total. The van der Waals surface area contributed by atoms with Crippen LogP contribution in [-0.2, 0) is 16.4 Å². The topological polar surface area (TPSA) is 49.9 Å². The van der Waals surface area contributed by atoms with Crippen molar-refractivity contribution in [2.24, 2.45) is 5.92 Å². The van der Waals surface area contributed by atoms with Gasteiger partial charge in [-0.25, -0.2) is 8.42 Å². The van der Waals surface area contributed by atoms with Crippen LogP contribution in [0.4, 0.5) is 0 Å². The van der Waals surface area contributed by atoms with Gasteiger partial charge in [0.1, 0.15) is 5.75 Å². The van der Waals surface area contributed by atoms with Crippen LogP contribution < -0.4 is 4.74 Å². The number of piperidine rings is 1. The fraction of sp³-hybridized carbons (Fsp3) is 0.700. The zero-order chi connectivity index (χ0) is 18.6. The van der Waals surface area contributed by atoms with Crippen LogP contribution >= 0.6 is 11.8 Å². The minimum Gasteiger partial charge on any atom is -0.493 e. The lowest BCUT2D eigenvalue weighted by Crippen LogP contribution is -2.61. The Morgan fingerprint density at radius 3 is 2.78 bits per heavy atom. The maximum Gasteiger partial charge on any atom is 0.243 e. The Labute approximate surface area is 166 Å². The summed E-state index contributed by atoms with van der Waals surface area (Å²) in [6.45, 7) is 6.74.